The zero-order valence-corrected chi connectivity index (χ0v) is 12.9. The van der Waals surface area contributed by atoms with Crippen LogP contribution in [0.3, 0.4) is 0 Å². The molecule has 0 atom stereocenters. The van der Waals surface area contributed by atoms with E-state index in [-0.39, 0.29) is 0 Å². The van der Waals surface area contributed by atoms with Crippen LogP contribution in [0.5, 0.6) is 0 Å². The van der Waals surface area contributed by atoms with Gasteiger partial charge in [-0.15, -0.1) is 0 Å². The number of hydrogen-bond donors (Lipinski definition) is 1. The smallest absolute Gasteiger partial charge is 0.131 e. The first kappa shape index (κ1) is 13.9. The monoisotopic (exact) mass is 300 g/mol. The molecule has 0 amide bonds. The van der Waals surface area contributed by atoms with E-state index in [0.29, 0.717) is 10.8 Å². The number of fused-ring (bicyclic) bond motifs is 1. The van der Waals surface area contributed by atoms with Gasteiger partial charge in [0.05, 0.1) is 10.5 Å². The van der Waals surface area contributed by atoms with Crippen LogP contribution in [0.1, 0.15) is 19.2 Å². The van der Waals surface area contributed by atoms with Crippen LogP contribution in [0.2, 0.25) is 5.02 Å². The number of halogens is 1. The van der Waals surface area contributed by atoms with E-state index < -0.39 is 0 Å². The van der Waals surface area contributed by atoms with E-state index in [4.69, 9.17) is 17.3 Å². The minimum absolute atomic E-state index is 0.684. The first-order valence-corrected chi connectivity index (χ1v) is 7.37. The van der Waals surface area contributed by atoms with Crippen molar-refractivity contribution in [2.75, 3.05) is 5.73 Å². The summed E-state index contributed by atoms with van der Waals surface area (Å²) in [6.07, 6.45) is 2.77. The number of pyridine rings is 1. The van der Waals surface area contributed by atoms with Crippen LogP contribution in [0.25, 0.3) is 22.2 Å². The molecule has 0 saturated carbocycles. The highest BCUT2D eigenvalue weighted by Crippen LogP contribution is 2.34. The van der Waals surface area contributed by atoms with Crippen LogP contribution >= 0.6 is 11.6 Å². The third-order valence-corrected chi connectivity index (χ3v) is 3.95. The second-order valence-corrected chi connectivity index (χ2v) is 5.45. The lowest BCUT2D eigenvalue weighted by Crippen LogP contribution is -2.04. The van der Waals surface area contributed by atoms with Crippen molar-refractivity contribution in [1.29, 1.82) is 0 Å². The van der Waals surface area contributed by atoms with Gasteiger partial charge in [-0.25, -0.2) is 4.98 Å². The number of imidazole rings is 1. The minimum atomic E-state index is 0.684. The molecule has 2 heterocycles. The van der Waals surface area contributed by atoms with E-state index in [2.05, 4.69) is 16.9 Å². The molecule has 0 aliphatic carbocycles. The molecular weight excluding hydrogens is 284 g/mol. The second-order valence-electron chi connectivity index (χ2n) is 5.04. The van der Waals surface area contributed by atoms with Crippen molar-refractivity contribution in [3.63, 3.8) is 0 Å². The fourth-order valence-electron chi connectivity index (χ4n) is 2.61. The number of nitrogen functional groups attached to an aromatic ring is 1. The lowest BCUT2D eigenvalue weighted by Gasteiger charge is -2.07. The standard InChI is InChI=1S/C16H17ClN4/c1-3-9-21-10(2)20-15(16(21)18)12-6-7-13(17)11-5-4-8-19-14(11)12/h4-8H,3,9,18H2,1-2H3. The molecule has 0 spiro atoms. The van der Waals surface area contributed by atoms with Gasteiger partial charge in [0.25, 0.3) is 0 Å². The maximum Gasteiger partial charge on any atom is 0.131 e. The number of benzene rings is 1. The molecule has 0 bridgehead atoms. The maximum atomic E-state index is 6.29. The van der Waals surface area contributed by atoms with Crippen molar-refractivity contribution in [2.24, 2.45) is 0 Å². The van der Waals surface area contributed by atoms with Crippen LogP contribution in [0.4, 0.5) is 5.82 Å². The van der Waals surface area contributed by atoms with Gasteiger partial charge in [-0.05, 0) is 37.6 Å². The molecule has 0 saturated heterocycles. The predicted molar refractivity (Wildman–Crippen MR) is 87.4 cm³/mol. The van der Waals surface area contributed by atoms with E-state index in [1.165, 1.54) is 0 Å². The van der Waals surface area contributed by atoms with Crippen molar-refractivity contribution in [3.8, 4) is 11.3 Å². The highest BCUT2D eigenvalue weighted by Gasteiger charge is 2.16. The normalized spacial score (nSPS) is 11.2. The topological polar surface area (TPSA) is 56.7 Å². The zero-order chi connectivity index (χ0) is 15.0. The zero-order valence-electron chi connectivity index (χ0n) is 12.1. The average molecular weight is 301 g/mol. The first-order chi connectivity index (χ1) is 10.1. The molecule has 0 unspecified atom stereocenters. The Morgan fingerprint density at radius 3 is 2.86 bits per heavy atom. The molecule has 0 aliphatic heterocycles. The van der Waals surface area contributed by atoms with Crippen LogP contribution in [0, 0.1) is 6.92 Å². The van der Waals surface area contributed by atoms with Gasteiger partial charge in [0, 0.05) is 23.7 Å². The van der Waals surface area contributed by atoms with Crippen molar-refractivity contribution in [3.05, 3.63) is 41.3 Å². The maximum absolute atomic E-state index is 6.29. The Morgan fingerprint density at radius 2 is 2.10 bits per heavy atom. The SMILES string of the molecule is CCCn1c(C)nc(-c2ccc(Cl)c3cccnc23)c1N. The van der Waals surface area contributed by atoms with Crippen LogP contribution in [0.15, 0.2) is 30.5 Å². The minimum Gasteiger partial charge on any atom is -0.383 e. The molecule has 5 heteroatoms. The molecular formula is C16H17ClN4. The summed E-state index contributed by atoms with van der Waals surface area (Å²) in [5.74, 6) is 1.60. The molecule has 21 heavy (non-hydrogen) atoms. The van der Waals surface area contributed by atoms with E-state index in [1.807, 2.05) is 35.8 Å². The molecule has 108 valence electrons. The second kappa shape index (κ2) is 5.37. The Bertz CT molecular complexity index is 807. The van der Waals surface area contributed by atoms with Gasteiger partial charge >= 0.3 is 0 Å². The van der Waals surface area contributed by atoms with Gasteiger partial charge in [0.15, 0.2) is 0 Å². The summed E-state index contributed by atoms with van der Waals surface area (Å²) in [7, 11) is 0. The van der Waals surface area contributed by atoms with Gasteiger partial charge in [-0.2, -0.15) is 0 Å². The van der Waals surface area contributed by atoms with Gasteiger partial charge in [0.1, 0.15) is 17.3 Å². The van der Waals surface area contributed by atoms with Gasteiger partial charge in [-0.3, -0.25) is 4.98 Å². The van der Waals surface area contributed by atoms with Gasteiger partial charge in [0.2, 0.25) is 0 Å². The summed E-state index contributed by atoms with van der Waals surface area (Å²) in [6.45, 7) is 4.96. The quantitative estimate of drug-likeness (QED) is 0.794. The number of rotatable bonds is 3. The molecule has 0 fully saturated rings. The molecule has 1 aromatic carbocycles. The fourth-order valence-corrected chi connectivity index (χ4v) is 2.83. The van der Waals surface area contributed by atoms with E-state index in [1.54, 1.807) is 6.20 Å². The number of nitrogens with zero attached hydrogens (tertiary/aromatic N) is 3. The lowest BCUT2D eigenvalue weighted by atomic mass is 10.1. The van der Waals surface area contributed by atoms with E-state index in [0.717, 1.165) is 41.0 Å². The summed E-state index contributed by atoms with van der Waals surface area (Å²) in [5.41, 5.74) is 8.82. The van der Waals surface area contributed by atoms with Crippen LogP contribution < -0.4 is 5.73 Å². The van der Waals surface area contributed by atoms with Gasteiger partial charge in [-0.1, -0.05) is 18.5 Å². The Morgan fingerprint density at radius 1 is 1.29 bits per heavy atom. The fraction of sp³-hybridized carbons (Fsp3) is 0.250. The predicted octanol–water partition coefficient (Wildman–Crippen LogP) is 4.05. The Hall–Kier alpha value is -2.07. The molecule has 3 aromatic rings. The number of nitrogens with two attached hydrogens (primary N) is 1. The lowest BCUT2D eigenvalue weighted by molar-refractivity contribution is 0.665. The van der Waals surface area contributed by atoms with E-state index >= 15 is 0 Å². The summed E-state index contributed by atoms with van der Waals surface area (Å²) in [4.78, 5) is 9.09. The third kappa shape index (κ3) is 2.25. The Balaban J connectivity index is 2.27. The highest BCUT2D eigenvalue weighted by atomic mass is 35.5. The Kier molecular flexibility index (Phi) is 3.55. The van der Waals surface area contributed by atoms with Gasteiger partial charge < -0.3 is 10.3 Å². The summed E-state index contributed by atoms with van der Waals surface area (Å²) in [5, 5.41) is 1.60. The summed E-state index contributed by atoms with van der Waals surface area (Å²) >= 11 is 6.25. The number of aromatic nitrogens is 3. The first-order valence-electron chi connectivity index (χ1n) is 6.99. The molecule has 0 radical (unpaired) electrons. The summed E-state index contributed by atoms with van der Waals surface area (Å²) in [6, 6.07) is 7.64. The van der Waals surface area contributed by atoms with Crippen LogP contribution in [-0.2, 0) is 6.54 Å². The van der Waals surface area contributed by atoms with Crippen molar-refractivity contribution in [2.45, 2.75) is 26.8 Å². The van der Waals surface area contributed by atoms with Crippen molar-refractivity contribution >= 4 is 28.3 Å². The number of aryl methyl sites for hydroxylation is 1. The van der Waals surface area contributed by atoms with Crippen molar-refractivity contribution in [1.82, 2.24) is 14.5 Å². The molecule has 2 aromatic heterocycles. The number of anilines is 1. The van der Waals surface area contributed by atoms with Crippen molar-refractivity contribution < 1.29 is 0 Å². The Labute approximate surface area is 128 Å². The molecule has 4 nitrogen and oxygen atoms in total. The largest absolute Gasteiger partial charge is 0.383 e. The van der Waals surface area contributed by atoms with E-state index in [9.17, 15) is 0 Å². The molecule has 3 rings (SSSR count). The van der Waals surface area contributed by atoms with Crippen LogP contribution in [-0.4, -0.2) is 14.5 Å². The molecule has 2 N–H and O–H groups in total. The highest BCUT2D eigenvalue weighted by molar-refractivity contribution is 6.35. The summed E-state index contributed by atoms with van der Waals surface area (Å²) < 4.78 is 2.04. The third-order valence-electron chi connectivity index (χ3n) is 3.62. The average Bonchev–Trinajstić information content (AvgIpc) is 2.77. The molecule has 0 aliphatic rings. The number of hydrogen-bond acceptors (Lipinski definition) is 3.